The van der Waals surface area contributed by atoms with Crippen molar-refractivity contribution >= 4 is 111 Å². The molecule has 0 atom stereocenters. The van der Waals surface area contributed by atoms with E-state index in [0.29, 0.717) is 0 Å². The van der Waals surface area contributed by atoms with E-state index in [1.807, 2.05) is 0 Å². The van der Waals surface area contributed by atoms with E-state index in [2.05, 4.69) is 297 Å². The van der Waals surface area contributed by atoms with Gasteiger partial charge in [-0.1, -0.05) is 172 Å². The number of allylic oxidation sites excluding steroid dienone is 6. The fourth-order valence-electron chi connectivity index (χ4n) is 15.9. The van der Waals surface area contributed by atoms with Crippen LogP contribution in [0.2, 0.25) is 0 Å². The molecular formula is C90H76N8O. The van der Waals surface area contributed by atoms with Gasteiger partial charge in [-0.05, 0) is 208 Å². The first kappa shape index (κ1) is 60.9. The first-order valence-corrected chi connectivity index (χ1v) is 34.7. The van der Waals surface area contributed by atoms with Gasteiger partial charge in [0.05, 0.1) is 56.6 Å². The highest BCUT2D eigenvalue weighted by Gasteiger charge is 2.30. The Bertz CT molecular complexity index is 6140. The normalized spacial score (nSPS) is 13.4. The number of nitrogens with zero attached hydrogens (tertiary/aromatic N) is 4. The van der Waals surface area contributed by atoms with Crippen molar-refractivity contribution in [1.29, 1.82) is 0 Å². The lowest BCUT2D eigenvalue weighted by Crippen LogP contribution is -1.90. The highest BCUT2D eigenvalue weighted by molar-refractivity contribution is 6.18. The molecule has 16 bridgehead atoms. The fraction of sp³-hybridized carbons (Fsp3) is 0.156. The van der Waals surface area contributed by atoms with Crippen molar-refractivity contribution in [3.63, 3.8) is 0 Å². The first-order chi connectivity index (χ1) is 48.2. The molecule has 0 saturated carbocycles. The molecule has 11 heterocycles. The highest BCUT2D eigenvalue weighted by atomic mass is 16.3. The Labute approximate surface area is 576 Å². The summed E-state index contributed by atoms with van der Waals surface area (Å²) < 4.78 is 7.78. The minimum Gasteiger partial charge on any atom is -0.455 e. The topological polar surface area (TPSA) is 128 Å². The number of para-hydroxylation sites is 2. The van der Waals surface area contributed by atoms with E-state index in [1.54, 1.807) is 0 Å². The van der Waals surface area contributed by atoms with Crippen LogP contribution < -0.4 is 0 Å². The van der Waals surface area contributed by atoms with Crippen LogP contribution in [-0.2, 0) is 6.42 Å². The van der Waals surface area contributed by atoms with Crippen molar-refractivity contribution in [3.05, 3.63) is 284 Å². The average Bonchev–Trinajstić information content (AvgIpc) is 1.59. The molecule has 0 saturated heterocycles. The molecule has 0 unspecified atom stereocenters. The van der Waals surface area contributed by atoms with Crippen molar-refractivity contribution in [1.82, 2.24) is 39.9 Å². The van der Waals surface area contributed by atoms with Gasteiger partial charge in [-0.15, -0.1) is 0 Å². The SMILES string of the molecule is CCC1=C(C)c2cc3[nH]c(c(C)c3C)c(-c3cccc4c3oc3c(-c5c6nc(cc7[nH]c(cc8nc(cc9[nH]c5c(C)c9C)C(c5ccccc5)=C8c5ccccc5)c(-c5ccccc5)c7-c5ccccc5)C(C)=C6C)cccc34)c3nc(cc4[nH]c(cc1n2)c(CC)c4C)C(C)=C3C. The number of benzene rings is 6. The molecule has 17 rings (SSSR count). The molecule has 0 fully saturated rings. The molecular weight excluding hydrogens is 1210 g/mol. The number of H-pyrrole nitrogens is 4. The first-order valence-electron chi connectivity index (χ1n) is 34.7. The number of rotatable bonds is 8. The molecule has 0 spiro atoms. The third kappa shape index (κ3) is 9.64. The molecule has 99 heavy (non-hydrogen) atoms. The summed E-state index contributed by atoms with van der Waals surface area (Å²) in [6.45, 7) is 26.7. The molecule has 0 amide bonds. The highest BCUT2D eigenvalue weighted by Crippen LogP contribution is 2.50. The second kappa shape index (κ2) is 23.6. The second-order valence-electron chi connectivity index (χ2n) is 27.1. The van der Waals surface area contributed by atoms with E-state index >= 15 is 0 Å². The molecule has 0 aliphatic carbocycles. The smallest absolute Gasteiger partial charge is 0.143 e. The fourth-order valence-corrected chi connectivity index (χ4v) is 15.9. The Morgan fingerprint density at radius 3 is 1.14 bits per heavy atom. The number of hydrogen-bond acceptors (Lipinski definition) is 5. The number of hydrogen-bond donors (Lipinski definition) is 4. The zero-order valence-electron chi connectivity index (χ0n) is 58.1. The summed E-state index contributed by atoms with van der Waals surface area (Å²) in [7, 11) is 0. The number of aromatic nitrogens is 8. The van der Waals surface area contributed by atoms with Gasteiger partial charge in [-0.3, -0.25) is 0 Å². The van der Waals surface area contributed by atoms with Crippen molar-refractivity contribution < 1.29 is 4.42 Å². The third-order valence-corrected chi connectivity index (χ3v) is 21.8. The van der Waals surface area contributed by atoms with Gasteiger partial charge in [0.25, 0.3) is 0 Å². The minimum atomic E-state index is 0.762. The second-order valence-corrected chi connectivity index (χ2v) is 27.1. The van der Waals surface area contributed by atoms with Gasteiger partial charge in [-0.25, -0.2) is 19.9 Å². The maximum atomic E-state index is 7.78. The van der Waals surface area contributed by atoms with Crippen molar-refractivity contribution in [2.45, 2.75) is 95.9 Å². The lowest BCUT2D eigenvalue weighted by Gasteiger charge is -2.10. The van der Waals surface area contributed by atoms with Gasteiger partial charge in [0, 0.05) is 88.4 Å². The maximum absolute atomic E-state index is 7.78. The monoisotopic (exact) mass is 1280 g/mol. The van der Waals surface area contributed by atoms with E-state index in [9.17, 15) is 0 Å². The lowest BCUT2D eigenvalue weighted by atomic mass is 9.92. The van der Waals surface area contributed by atoms with E-state index in [0.717, 1.165) is 236 Å². The van der Waals surface area contributed by atoms with Gasteiger partial charge in [0.15, 0.2) is 0 Å². The van der Waals surface area contributed by atoms with E-state index < -0.39 is 0 Å². The summed E-state index contributed by atoms with van der Waals surface area (Å²) in [5.74, 6) is 0. The number of fused-ring (bicyclic) bond motifs is 19. The van der Waals surface area contributed by atoms with Crippen molar-refractivity contribution in [2.24, 2.45) is 0 Å². The number of aromatic amines is 4. The van der Waals surface area contributed by atoms with Crippen LogP contribution >= 0.6 is 0 Å². The summed E-state index contributed by atoms with van der Waals surface area (Å²) in [5, 5.41) is 2.00. The summed E-state index contributed by atoms with van der Waals surface area (Å²) in [4.78, 5) is 38.8. The van der Waals surface area contributed by atoms with E-state index in [4.69, 9.17) is 24.4 Å². The maximum Gasteiger partial charge on any atom is 0.143 e. The van der Waals surface area contributed by atoms with Gasteiger partial charge in [0.1, 0.15) is 11.2 Å². The molecule has 4 aliphatic rings. The van der Waals surface area contributed by atoms with Gasteiger partial charge in [0.2, 0.25) is 0 Å². The largest absolute Gasteiger partial charge is 0.455 e. The Morgan fingerprint density at radius 1 is 0.303 bits per heavy atom. The molecule has 6 aromatic carbocycles. The summed E-state index contributed by atoms with van der Waals surface area (Å²) in [6, 6.07) is 69.8. The quantitative estimate of drug-likeness (QED) is 0.120. The molecule has 9 nitrogen and oxygen atoms in total. The van der Waals surface area contributed by atoms with Crippen LogP contribution in [0.5, 0.6) is 0 Å². The van der Waals surface area contributed by atoms with Gasteiger partial charge >= 0.3 is 0 Å². The van der Waals surface area contributed by atoms with Crippen LogP contribution in [0, 0.1) is 34.6 Å². The number of nitrogens with one attached hydrogen (secondary N) is 4. The van der Waals surface area contributed by atoms with Crippen LogP contribution in [0.1, 0.15) is 145 Å². The van der Waals surface area contributed by atoms with Crippen molar-refractivity contribution in [2.75, 3.05) is 0 Å². The average molecular weight is 1290 g/mol. The van der Waals surface area contributed by atoms with E-state index in [1.165, 1.54) is 22.3 Å². The van der Waals surface area contributed by atoms with Crippen LogP contribution in [0.15, 0.2) is 199 Å². The predicted molar refractivity (Wildman–Crippen MR) is 415 cm³/mol. The standard InChI is InChI=1S/C90H76N8O/c1-13-61-55(11)71-41-67-47(3)51(7)85(95-67)83(86-52(8)48(4)68(96-86)42-72-56(12)62(14-2)74(92-72)45-73(61)91-71)65-39-27-37-63-64-38-28-40-66(90(64)99-89(63)65)84-87-53(9)49(5)69(97-87)43-75-79(57-29-19-15-20-30-57)81(59-33-23-17-24-34-59)77(93-75)46-78-82(60-35-25-18-26-36-60)80(58-31-21-16-22-32-58)76(94-78)44-70-50(6)54(10)88(84)98-70/h15-46,91,93,96,98H,13-14H2,1-12H3. The molecule has 9 heteroatoms. The molecule has 7 aromatic heterocycles. The van der Waals surface area contributed by atoms with E-state index in [-0.39, 0.29) is 0 Å². The Hall–Kier alpha value is -11.7. The summed E-state index contributed by atoms with van der Waals surface area (Å²) in [5.41, 5.74) is 43.0. The van der Waals surface area contributed by atoms with Gasteiger partial charge < -0.3 is 24.4 Å². The predicted octanol–water partition coefficient (Wildman–Crippen LogP) is 23.9. The lowest BCUT2D eigenvalue weighted by molar-refractivity contribution is 0.671. The molecule has 13 aromatic rings. The molecule has 4 N–H and O–H groups in total. The third-order valence-electron chi connectivity index (χ3n) is 21.8. The minimum absolute atomic E-state index is 0.762. The zero-order valence-corrected chi connectivity index (χ0v) is 58.1. The number of aryl methyl sites for hydroxylation is 6. The van der Waals surface area contributed by atoms with Crippen LogP contribution in [-0.4, -0.2) is 39.9 Å². The molecule has 4 aliphatic heterocycles. The number of furan rings is 1. The van der Waals surface area contributed by atoms with Crippen molar-refractivity contribution in [3.8, 4) is 44.5 Å². The summed E-state index contributed by atoms with van der Waals surface area (Å²) in [6.07, 6.45) is 1.76. The van der Waals surface area contributed by atoms with Crippen LogP contribution in [0.25, 0.3) is 155 Å². The molecule has 482 valence electrons. The van der Waals surface area contributed by atoms with Crippen LogP contribution in [0.4, 0.5) is 0 Å². The Kier molecular flexibility index (Phi) is 14.5. The zero-order chi connectivity index (χ0) is 67.8. The van der Waals surface area contributed by atoms with Gasteiger partial charge in [-0.2, -0.15) is 0 Å². The van der Waals surface area contributed by atoms with Crippen LogP contribution in [0.3, 0.4) is 0 Å². The molecule has 0 radical (unpaired) electrons. The Morgan fingerprint density at radius 2 is 0.687 bits per heavy atom. The summed E-state index contributed by atoms with van der Waals surface area (Å²) >= 11 is 0. The Balaban J connectivity index is 0.993.